The van der Waals surface area contributed by atoms with Crippen molar-refractivity contribution in [2.75, 3.05) is 19.6 Å². The lowest BCUT2D eigenvalue weighted by molar-refractivity contribution is -0.118. The lowest BCUT2D eigenvalue weighted by Crippen LogP contribution is -2.27. The van der Waals surface area contributed by atoms with Crippen LogP contribution in [-0.2, 0) is 4.79 Å². The number of amides is 1. The lowest BCUT2D eigenvalue weighted by Gasteiger charge is -2.24. The number of likely N-dealkylation sites (tertiary alicyclic amines) is 1. The molecular formula is C11H20N2O. The van der Waals surface area contributed by atoms with Crippen LogP contribution in [0.2, 0.25) is 0 Å². The van der Waals surface area contributed by atoms with Crippen molar-refractivity contribution in [3.63, 3.8) is 0 Å². The van der Waals surface area contributed by atoms with Gasteiger partial charge in [0.15, 0.2) is 0 Å². The molecule has 0 aromatic carbocycles. The Kier molecular flexibility index (Phi) is 5.27. The first-order valence-corrected chi connectivity index (χ1v) is 5.50. The molecule has 0 unspecified atom stereocenters. The van der Waals surface area contributed by atoms with Crippen LogP contribution in [0.5, 0.6) is 0 Å². The minimum absolute atomic E-state index is 0.736. The monoisotopic (exact) mass is 196 g/mol. The average Bonchev–Trinajstić information content (AvgIpc) is 2.16. The van der Waals surface area contributed by atoms with Gasteiger partial charge in [-0.3, -0.25) is 9.79 Å². The minimum atomic E-state index is 0.736. The molecule has 0 spiro atoms. The summed E-state index contributed by atoms with van der Waals surface area (Å²) >= 11 is 0. The molecule has 1 saturated heterocycles. The molecule has 14 heavy (non-hydrogen) atoms. The van der Waals surface area contributed by atoms with E-state index in [2.05, 4.69) is 4.99 Å². The smallest absolute Gasteiger partial charge is 0.209 e. The van der Waals surface area contributed by atoms with E-state index in [-0.39, 0.29) is 0 Å². The highest BCUT2D eigenvalue weighted by Gasteiger charge is 2.13. The van der Waals surface area contributed by atoms with Crippen molar-refractivity contribution in [3.05, 3.63) is 0 Å². The summed E-state index contributed by atoms with van der Waals surface area (Å²) in [5.74, 6) is 0.736. The Morgan fingerprint density at radius 2 is 2.00 bits per heavy atom. The fraction of sp³-hybridized carbons (Fsp3) is 0.818. The molecule has 1 aliphatic rings. The Labute approximate surface area is 86.2 Å². The standard InChI is InChI=1S/C11H20N2O/c1-2-12-9-11-5-3-7-13(10-14)8-4-6-11/h2,10-11H,3-9H2,1H3. The molecule has 1 heterocycles. The first kappa shape index (κ1) is 11.2. The third kappa shape index (κ3) is 3.90. The summed E-state index contributed by atoms with van der Waals surface area (Å²) in [6.07, 6.45) is 7.54. The van der Waals surface area contributed by atoms with E-state index in [0.717, 1.165) is 44.8 Å². The van der Waals surface area contributed by atoms with Crippen LogP contribution in [0, 0.1) is 5.92 Å². The van der Waals surface area contributed by atoms with Gasteiger partial charge in [0.25, 0.3) is 0 Å². The average molecular weight is 196 g/mol. The maximum Gasteiger partial charge on any atom is 0.209 e. The number of hydrogen-bond donors (Lipinski definition) is 0. The van der Waals surface area contributed by atoms with Gasteiger partial charge >= 0.3 is 0 Å². The topological polar surface area (TPSA) is 32.7 Å². The lowest BCUT2D eigenvalue weighted by atomic mass is 9.96. The second-order valence-electron chi connectivity index (χ2n) is 3.92. The Morgan fingerprint density at radius 1 is 1.36 bits per heavy atom. The van der Waals surface area contributed by atoms with Crippen LogP contribution < -0.4 is 0 Å². The Bertz CT molecular complexity index is 182. The zero-order valence-electron chi connectivity index (χ0n) is 8.98. The maximum absolute atomic E-state index is 10.6. The van der Waals surface area contributed by atoms with Crippen molar-refractivity contribution < 1.29 is 4.79 Å². The van der Waals surface area contributed by atoms with E-state index in [4.69, 9.17) is 0 Å². The van der Waals surface area contributed by atoms with Gasteiger partial charge in [-0.1, -0.05) is 0 Å². The SMILES string of the molecule is CC=NCC1CCCN(C=O)CCC1. The zero-order valence-corrected chi connectivity index (χ0v) is 8.98. The zero-order chi connectivity index (χ0) is 10.2. The number of nitrogens with zero attached hydrogens (tertiary/aromatic N) is 2. The predicted molar refractivity (Wildman–Crippen MR) is 58.6 cm³/mol. The summed E-state index contributed by atoms with van der Waals surface area (Å²) in [6, 6.07) is 0. The Balaban J connectivity index is 2.28. The highest BCUT2D eigenvalue weighted by molar-refractivity contribution is 5.53. The molecule has 80 valence electrons. The van der Waals surface area contributed by atoms with Crippen molar-refractivity contribution in [1.29, 1.82) is 0 Å². The van der Waals surface area contributed by atoms with Crippen LogP contribution in [0.1, 0.15) is 32.6 Å². The molecule has 0 bridgehead atoms. The number of aliphatic imine (C=N–C) groups is 1. The molecule has 1 fully saturated rings. The van der Waals surface area contributed by atoms with Crippen molar-refractivity contribution in [2.45, 2.75) is 32.6 Å². The Hall–Kier alpha value is -0.860. The highest BCUT2D eigenvalue weighted by atomic mass is 16.1. The number of carbonyl (C=O) groups excluding carboxylic acids is 1. The molecule has 0 aromatic rings. The first-order chi connectivity index (χ1) is 6.86. The molecule has 0 aromatic heterocycles. The molecule has 0 saturated carbocycles. The molecule has 0 atom stereocenters. The van der Waals surface area contributed by atoms with E-state index < -0.39 is 0 Å². The Morgan fingerprint density at radius 3 is 2.50 bits per heavy atom. The summed E-state index contributed by atoms with van der Waals surface area (Å²) in [5.41, 5.74) is 0. The van der Waals surface area contributed by atoms with Gasteiger partial charge in [0, 0.05) is 19.6 Å². The second kappa shape index (κ2) is 6.57. The van der Waals surface area contributed by atoms with Gasteiger partial charge in [-0.05, 0) is 44.7 Å². The second-order valence-corrected chi connectivity index (χ2v) is 3.92. The van der Waals surface area contributed by atoms with Crippen molar-refractivity contribution in [3.8, 4) is 0 Å². The van der Waals surface area contributed by atoms with Gasteiger partial charge < -0.3 is 4.90 Å². The van der Waals surface area contributed by atoms with E-state index in [9.17, 15) is 4.79 Å². The third-order valence-corrected chi connectivity index (χ3v) is 2.81. The summed E-state index contributed by atoms with van der Waals surface area (Å²) in [5, 5.41) is 0. The first-order valence-electron chi connectivity index (χ1n) is 5.50. The van der Waals surface area contributed by atoms with Crippen LogP contribution in [0.15, 0.2) is 4.99 Å². The molecule has 1 aliphatic heterocycles. The molecule has 0 N–H and O–H groups in total. The van der Waals surface area contributed by atoms with Crippen molar-refractivity contribution in [1.82, 2.24) is 4.90 Å². The minimum Gasteiger partial charge on any atom is -0.345 e. The van der Waals surface area contributed by atoms with Crippen LogP contribution in [0.3, 0.4) is 0 Å². The van der Waals surface area contributed by atoms with Crippen molar-refractivity contribution in [2.24, 2.45) is 10.9 Å². The molecule has 0 aliphatic carbocycles. The van der Waals surface area contributed by atoms with E-state index in [1.807, 2.05) is 18.0 Å². The summed E-state index contributed by atoms with van der Waals surface area (Å²) < 4.78 is 0. The van der Waals surface area contributed by atoms with Crippen LogP contribution in [0.4, 0.5) is 0 Å². The maximum atomic E-state index is 10.6. The van der Waals surface area contributed by atoms with E-state index in [1.54, 1.807) is 0 Å². The van der Waals surface area contributed by atoms with Gasteiger partial charge in [0.1, 0.15) is 0 Å². The highest BCUT2D eigenvalue weighted by Crippen LogP contribution is 2.17. The van der Waals surface area contributed by atoms with E-state index >= 15 is 0 Å². The molecule has 1 rings (SSSR count). The summed E-state index contributed by atoms with van der Waals surface area (Å²) in [4.78, 5) is 16.8. The fourth-order valence-electron chi connectivity index (χ4n) is 1.96. The van der Waals surface area contributed by atoms with Gasteiger partial charge in [0.2, 0.25) is 6.41 Å². The fourth-order valence-corrected chi connectivity index (χ4v) is 1.96. The largest absolute Gasteiger partial charge is 0.345 e. The molecule has 1 amide bonds. The van der Waals surface area contributed by atoms with Crippen LogP contribution in [0.25, 0.3) is 0 Å². The number of carbonyl (C=O) groups is 1. The molecule has 3 heteroatoms. The van der Waals surface area contributed by atoms with Crippen LogP contribution in [-0.4, -0.2) is 37.2 Å². The predicted octanol–water partition coefficient (Wildman–Crippen LogP) is 1.73. The van der Waals surface area contributed by atoms with Crippen molar-refractivity contribution >= 4 is 12.6 Å². The quantitative estimate of drug-likeness (QED) is 0.500. The normalized spacial score (nSPS) is 20.8. The van der Waals surface area contributed by atoms with Gasteiger partial charge in [-0.15, -0.1) is 0 Å². The molecular weight excluding hydrogens is 176 g/mol. The summed E-state index contributed by atoms with van der Waals surface area (Å²) in [6.45, 7) is 4.79. The molecule has 0 radical (unpaired) electrons. The van der Waals surface area contributed by atoms with E-state index in [0.29, 0.717) is 0 Å². The third-order valence-electron chi connectivity index (χ3n) is 2.81. The number of rotatable bonds is 3. The van der Waals surface area contributed by atoms with Gasteiger partial charge in [-0.2, -0.15) is 0 Å². The number of hydrogen-bond acceptors (Lipinski definition) is 2. The molecule has 3 nitrogen and oxygen atoms in total. The van der Waals surface area contributed by atoms with Gasteiger partial charge in [0.05, 0.1) is 0 Å². The van der Waals surface area contributed by atoms with Crippen LogP contribution >= 0.6 is 0 Å². The van der Waals surface area contributed by atoms with Gasteiger partial charge in [-0.25, -0.2) is 0 Å². The summed E-state index contributed by atoms with van der Waals surface area (Å²) in [7, 11) is 0. The van der Waals surface area contributed by atoms with E-state index in [1.165, 1.54) is 12.8 Å².